The Bertz CT molecular complexity index is 968. The van der Waals surface area contributed by atoms with Crippen LogP contribution in [0.2, 0.25) is 0 Å². The summed E-state index contributed by atoms with van der Waals surface area (Å²) in [7, 11) is 1.94. The number of nitrogens with zero attached hydrogens (tertiary/aromatic N) is 3. The molecule has 0 aromatic heterocycles. The van der Waals surface area contributed by atoms with Crippen LogP contribution in [0.25, 0.3) is 0 Å². The van der Waals surface area contributed by atoms with Crippen molar-refractivity contribution >= 4 is 23.5 Å². The van der Waals surface area contributed by atoms with Gasteiger partial charge in [-0.25, -0.2) is 9.79 Å². The number of hydrogen-bond acceptors (Lipinski definition) is 7. The fourth-order valence-corrected chi connectivity index (χ4v) is 5.94. The van der Waals surface area contributed by atoms with Crippen molar-refractivity contribution in [1.82, 2.24) is 9.80 Å². The lowest BCUT2D eigenvalue weighted by atomic mass is 9.94. The molecule has 1 atom stereocenters. The summed E-state index contributed by atoms with van der Waals surface area (Å²) in [4.78, 5) is 33.2. The van der Waals surface area contributed by atoms with Gasteiger partial charge in [-0.2, -0.15) is 0 Å². The number of benzene rings is 1. The van der Waals surface area contributed by atoms with Crippen molar-refractivity contribution in [2.45, 2.75) is 88.9 Å². The number of carbonyl (C=O) groups is 2. The standard InChI is InChI=1S/C26H36N4O4/c1-29(20-10-3-2-4-11-20)23(31)12-7-15-33-21-13-14-22-18(16-21)17-30(25(27)28-22)26(24(32)34-26)19-8-5-6-9-19/h13-14,16,19-20H,2-12,15,17H2,1H3,(H2,27,28). The Hall–Kier alpha value is -2.77. The van der Waals surface area contributed by atoms with Crippen molar-refractivity contribution in [1.29, 1.82) is 0 Å². The van der Waals surface area contributed by atoms with E-state index in [2.05, 4.69) is 4.99 Å². The van der Waals surface area contributed by atoms with Crippen LogP contribution < -0.4 is 10.5 Å². The third-order valence-electron chi connectivity index (χ3n) is 8.02. The number of cyclic esters (lactones) is 1. The van der Waals surface area contributed by atoms with Crippen LogP contribution in [-0.2, 0) is 20.9 Å². The number of carbonyl (C=O) groups excluding carboxylic acids is 2. The van der Waals surface area contributed by atoms with E-state index in [4.69, 9.17) is 15.2 Å². The molecule has 8 heteroatoms. The molecule has 1 unspecified atom stereocenters. The van der Waals surface area contributed by atoms with Gasteiger partial charge in [0.1, 0.15) is 5.75 Å². The Labute approximate surface area is 201 Å². The molecule has 5 rings (SSSR count). The van der Waals surface area contributed by atoms with Gasteiger partial charge in [0.15, 0.2) is 5.96 Å². The van der Waals surface area contributed by atoms with E-state index >= 15 is 0 Å². The number of hydrogen-bond donors (Lipinski definition) is 1. The highest BCUT2D eigenvalue weighted by molar-refractivity contribution is 5.98. The highest BCUT2D eigenvalue weighted by Gasteiger charge is 2.68. The first-order valence-electron chi connectivity index (χ1n) is 12.9. The smallest absolute Gasteiger partial charge is 0.375 e. The van der Waals surface area contributed by atoms with Gasteiger partial charge in [0.2, 0.25) is 5.91 Å². The molecule has 184 valence electrons. The lowest BCUT2D eigenvalue weighted by Crippen LogP contribution is -2.51. The second-order valence-electron chi connectivity index (χ2n) is 10.2. The molecule has 1 saturated heterocycles. The van der Waals surface area contributed by atoms with Gasteiger partial charge >= 0.3 is 5.97 Å². The van der Waals surface area contributed by atoms with E-state index in [1.165, 1.54) is 19.3 Å². The molecule has 2 saturated carbocycles. The maximum atomic E-state index is 12.5. The number of ether oxygens (including phenoxy) is 2. The molecule has 0 spiro atoms. The maximum Gasteiger partial charge on any atom is 0.375 e. The Kier molecular flexibility index (Phi) is 6.40. The van der Waals surface area contributed by atoms with E-state index in [1.54, 1.807) is 0 Å². The van der Waals surface area contributed by atoms with Gasteiger partial charge in [-0.3, -0.25) is 9.69 Å². The van der Waals surface area contributed by atoms with Crippen LogP contribution in [0.4, 0.5) is 5.69 Å². The Morgan fingerprint density at radius 2 is 1.91 bits per heavy atom. The second-order valence-corrected chi connectivity index (χ2v) is 10.2. The maximum absolute atomic E-state index is 12.5. The van der Waals surface area contributed by atoms with Crippen molar-refractivity contribution in [3.05, 3.63) is 23.8 Å². The predicted octanol–water partition coefficient (Wildman–Crippen LogP) is 3.84. The molecule has 2 N–H and O–H groups in total. The number of epoxide rings is 1. The summed E-state index contributed by atoms with van der Waals surface area (Å²) in [5.74, 6) is 1.24. The number of fused-ring (bicyclic) bond motifs is 1. The molecule has 4 aliphatic rings. The minimum atomic E-state index is -0.941. The van der Waals surface area contributed by atoms with Gasteiger partial charge in [0.25, 0.3) is 5.72 Å². The van der Waals surface area contributed by atoms with Gasteiger partial charge < -0.3 is 20.1 Å². The summed E-state index contributed by atoms with van der Waals surface area (Å²) in [6, 6.07) is 6.14. The first kappa shape index (κ1) is 23.0. The number of rotatable bonds is 8. The van der Waals surface area contributed by atoms with E-state index in [9.17, 15) is 9.59 Å². The monoisotopic (exact) mass is 468 g/mol. The van der Waals surface area contributed by atoms with Gasteiger partial charge in [0.05, 0.1) is 18.8 Å². The number of aliphatic imine (C=N–C) groups is 1. The minimum Gasteiger partial charge on any atom is -0.494 e. The number of amides is 1. The first-order valence-corrected chi connectivity index (χ1v) is 12.9. The molecular formula is C26H36N4O4. The highest BCUT2D eigenvalue weighted by Crippen LogP contribution is 2.49. The van der Waals surface area contributed by atoms with E-state index in [-0.39, 0.29) is 17.8 Å². The van der Waals surface area contributed by atoms with Crippen LogP contribution in [0.15, 0.2) is 23.2 Å². The normalized spacial score (nSPS) is 24.9. The molecule has 34 heavy (non-hydrogen) atoms. The number of guanidine groups is 1. The SMILES string of the molecule is CN(C(=O)CCCOc1ccc2c(c1)CN(C1(C3CCCC3)OC1=O)C(N)=N2)C1CCCCC1. The quantitative estimate of drug-likeness (QED) is 0.460. The molecule has 8 nitrogen and oxygen atoms in total. The summed E-state index contributed by atoms with van der Waals surface area (Å²) in [5, 5.41) is 0. The fourth-order valence-electron chi connectivity index (χ4n) is 5.94. The van der Waals surface area contributed by atoms with Gasteiger partial charge in [-0.05, 0) is 50.3 Å². The largest absolute Gasteiger partial charge is 0.494 e. The van der Waals surface area contributed by atoms with Crippen LogP contribution in [0.1, 0.15) is 76.2 Å². The molecule has 1 amide bonds. The molecule has 0 radical (unpaired) electrons. The van der Waals surface area contributed by atoms with E-state index < -0.39 is 5.72 Å². The average molecular weight is 469 g/mol. The zero-order valence-electron chi connectivity index (χ0n) is 20.1. The number of nitrogens with two attached hydrogens (primary N) is 1. The highest BCUT2D eigenvalue weighted by atomic mass is 16.7. The molecular weight excluding hydrogens is 432 g/mol. The van der Waals surface area contributed by atoms with Crippen molar-refractivity contribution in [3.8, 4) is 5.75 Å². The molecule has 1 aromatic carbocycles. The average Bonchev–Trinajstić information content (AvgIpc) is 3.25. The molecule has 2 heterocycles. The van der Waals surface area contributed by atoms with E-state index in [0.717, 1.165) is 55.5 Å². The van der Waals surface area contributed by atoms with Crippen LogP contribution in [0.3, 0.4) is 0 Å². The van der Waals surface area contributed by atoms with E-state index in [1.807, 2.05) is 35.0 Å². The van der Waals surface area contributed by atoms with Crippen molar-refractivity contribution in [2.75, 3.05) is 13.7 Å². The lowest BCUT2D eigenvalue weighted by Gasteiger charge is -2.34. The van der Waals surface area contributed by atoms with Crippen molar-refractivity contribution in [2.24, 2.45) is 16.6 Å². The third-order valence-corrected chi connectivity index (χ3v) is 8.02. The molecule has 2 aliphatic carbocycles. The molecule has 1 aromatic rings. The molecule has 3 fully saturated rings. The van der Waals surface area contributed by atoms with Crippen LogP contribution in [0.5, 0.6) is 5.75 Å². The minimum absolute atomic E-state index is 0.166. The van der Waals surface area contributed by atoms with Gasteiger partial charge in [-0.15, -0.1) is 0 Å². The summed E-state index contributed by atoms with van der Waals surface area (Å²) in [6.07, 6.45) is 11.3. The van der Waals surface area contributed by atoms with Gasteiger partial charge in [-0.1, -0.05) is 32.1 Å². The summed E-state index contributed by atoms with van der Waals surface area (Å²) >= 11 is 0. The van der Waals surface area contributed by atoms with Crippen molar-refractivity contribution < 1.29 is 19.1 Å². The molecule has 2 aliphatic heterocycles. The Morgan fingerprint density at radius 1 is 1.21 bits per heavy atom. The van der Waals surface area contributed by atoms with Crippen LogP contribution in [-0.4, -0.2) is 53.1 Å². The van der Waals surface area contributed by atoms with E-state index in [0.29, 0.717) is 38.0 Å². The predicted molar refractivity (Wildman–Crippen MR) is 128 cm³/mol. The summed E-state index contributed by atoms with van der Waals surface area (Å²) < 4.78 is 11.5. The first-order chi connectivity index (χ1) is 16.5. The van der Waals surface area contributed by atoms with Crippen molar-refractivity contribution in [3.63, 3.8) is 0 Å². The zero-order chi connectivity index (χ0) is 23.7. The van der Waals surface area contributed by atoms with Crippen LogP contribution >= 0.6 is 0 Å². The topological polar surface area (TPSA) is 101 Å². The molecule has 0 bridgehead atoms. The third kappa shape index (κ3) is 4.34. The van der Waals surface area contributed by atoms with Gasteiger partial charge in [0, 0.05) is 31.0 Å². The summed E-state index contributed by atoms with van der Waals surface area (Å²) in [6.45, 7) is 0.945. The van der Waals surface area contributed by atoms with Crippen LogP contribution in [0, 0.1) is 5.92 Å². The second kappa shape index (κ2) is 9.47. The fraction of sp³-hybridized carbons (Fsp3) is 0.654. The summed E-state index contributed by atoms with van der Waals surface area (Å²) in [5.41, 5.74) is 7.08. The Balaban J connectivity index is 1.16. The lowest BCUT2D eigenvalue weighted by molar-refractivity contribution is -0.132. The zero-order valence-corrected chi connectivity index (χ0v) is 20.1. The Morgan fingerprint density at radius 3 is 2.62 bits per heavy atom.